The fraction of sp³-hybridized carbons (Fsp3) is 0.846. The maximum absolute atomic E-state index is 11.8. The van der Waals surface area contributed by atoms with Crippen LogP contribution in [0.2, 0.25) is 0 Å². The lowest BCUT2D eigenvalue weighted by molar-refractivity contribution is -0.150. The summed E-state index contributed by atoms with van der Waals surface area (Å²) in [6, 6.07) is -0.689. The molecule has 1 amide bonds. The van der Waals surface area contributed by atoms with E-state index in [4.69, 9.17) is 9.84 Å². The zero-order chi connectivity index (χ0) is 14.3. The van der Waals surface area contributed by atoms with Crippen LogP contribution in [0, 0.1) is 11.8 Å². The highest BCUT2D eigenvalue weighted by Crippen LogP contribution is 2.08. The first-order valence-electron chi connectivity index (χ1n) is 6.39. The Kier molecular flexibility index (Phi) is 7.59. The third-order valence-electron chi connectivity index (χ3n) is 2.25. The number of aliphatic hydroxyl groups excluding tert-OH is 1. The molecule has 0 rings (SSSR count). The number of rotatable bonds is 7. The van der Waals surface area contributed by atoms with Gasteiger partial charge in [0, 0.05) is 0 Å². The molecule has 5 heteroatoms. The van der Waals surface area contributed by atoms with Gasteiger partial charge in [-0.1, -0.05) is 27.7 Å². The Morgan fingerprint density at radius 2 is 1.67 bits per heavy atom. The molecule has 0 aromatic heterocycles. The van der Waals surface area contributed by atoms with Crippen molar-refractivity contribution in [2.75, 3.05) is 6.61 Å². The van der Waals surface area contributed by atoms with Crippen LogP contribution in [0.5, 0.6) is 0 Å². The van der Waals surface area contributed by atoms with Gasteiger partial charge in [-0.2, -0.15) is 0 Å². The second kappa shape index (κ2) is 8.08. The van der Waals surface area contributed by atoms with Crippen molar-refractivity contribution in [1.82, 2.24) is 5.32 Å². The van der Waals surface area contributed by atoms with Gasteiger partial charge in [0.05, 0.1) is 6.61 Å². The molecule has 2 N–H and O–H groups in total. The van der Waals surface area contributed by atoms with Crippen LogP contribution in [0.4, 0.5) is 0 Å². The van der Waals surface area contributed by atoms with Gasteiger partial charge in [-0.3, -0.25) is 4.79 Å². The van der Waals surface area contributed by atoms with Crippen LogP contribution in [0.25, 0.3) is 0 Å². The van der Waals surface area contributed by atoms with Crippen molar-refractivity contribution < 1.29 is 19.4 Å². The minimum atomic E-state index is -1.13. The van der Waals surface area contributed by atoms with Crippen molar-refractivity contribution in [2.24, 2.45) is 11.8 Å². The molecule has 106 valence electrons. The Balaban J connectivity index is 4.47. The number of aliphatic hydroxyl groups is 1. The first kappa shape index (κ1) is 16.9. The minimum Gasteiger partial charge on any atom is -0.464 e. The number of esters is 1. The average molecular weight is 259 g/mol. The van der Waals surface area contributed by atoms with Gasteiger partial charge in [0.1, 0.15) is 12.1 Å². The van der Waals surface area contributed by atoms with Crippen LogP contribution in [-0.2, 0) is 14.3 Å². The molecule has 0 radical (unpaired) electrons. The van der Waals surface area contributed by atoms with Crippen molar-refractivity contribution in [1.29, 1.82) is 0 Å². The highest BCUT2D eigenvalue weighted by molar-refractivity contribution is 5.86. The molecule has 0 bridgehead atoms. The molecule has 0 aromatic rings. The zero-order valence-electron chi connectivity index (χ0n) is 11.9. The number of hydrogen-bond donors (Lipinski definition) is 2. The molecule has 0 fully saturated rings. The predicted molar refractivity (Wildman–Crippen MR) is 68.9 cm³/mol. The normalized spacial score (nSPS) is 14.4. The topological polar surface area (TPSA) is 75.6 Å². The predicted octanol–water partition coefficient (Wildman–Crippen LogP) is 1.10. The average Bonchev–Trinajstić information content (AvgIpc) is 2.23. The quantitative estimate of drug-likeness (QED) is 0.671. The Hall–Kier alpha value is -1.10. The van der Waals surface area contributed by atoms with Crippen molar-refractivity contribution >= 4 is 11.9 Å². The van der Waals surface area contributed by atoms with Crippen molar-refractivity contribution in [3.8, 4) is 0 Å². The van der Waals surface area contributed by atoms with E-state index < -0.39 is 24.0 Å². The van der Waals surface area contributed by atoms with E-state index in [0.717, 1.165) is 0 Å². The van der Waals surface area contributed by atoms with Crippen LogP contribution >= 0.6 is 0 Å². The standard InChI is InChI=1S/C13H25NO4/c1-8(2)6-11(14-12(16)10(5)15)13(17)18-7-9(3)4/h8-11,15H,6-7H2,1-5H3,(H,14,16)/t10-,11-/m1/s1. The van der Waals surface area contributed by atoms with Crippen LogP contribution in [0.15, 0.2) is 0 Å². The van der Waals surface area contributed by atoms with E-state index in [1.54, 1.807) is 0 Å². The number of nitrogens with one attached hydrogen (secondary N) is 1. The summed E-state index contributed by atoms with van der Waals surface area (Å²) < 4.78 is 5.11. The molecule has 0 heterocycles. The third-order valence-corrected chi connectivity index (χ3v) is 2.25. The summed E-state index contributed by atoms with van der Waals surface area (Å²) in [7, 11) is 0. The summed E-state index contributed by atoms with van der Waals surface area (Å²) in [4.78, 5) is 23.2. The van der Waals surface area contributed by atoms with Gasteiger partial charge in [0.2, 0.25) is 5.91 Å². The smallest absolute Gasteiger partial charge is 0.328 e. The van der Waals surface area contributed by atoms with Crippen LogP contribution in [-0.4, -0.2) is 35.7 Å². The van der Waals surface area contributed by atoms with Crippen LogP contribution in [0.3, 0.4) is 0 Å². The van der Waals surface area contributed by atoms with E-state index in [1.807, 2.05) is 27.7 Å². The molecular weight excluding hydrogens is 234 g/mol. The molecule has 2 atom stereocenters. The fourth-order valence-corrected chi connectivity index (χ4v) is 1.33. The van der Waals surface area contributed by atoms with Gasteiger partial charge < -0.3 is 15.2 Å². The minimum absolute atomic E-state index is 0.246. The summed E-state index contributed by atoms with van der Waals surface area (Å²) >= 11 is 0. The van der Waals surface area contributed by atoms with Crippen molar-refractivity contribution in [2.45, 2.75) is 53.2 Å². The fourth-order valence-electron chi connectivity index (χ4n) is 1.33. The lowest BCUT2D eigenvalue weighted by atomic mass is 10.0. The van der Waals surface area contributed by atoms with Crippen LogP contribution in [0.1, 0.15) is 41.0 Å². The lowest BCUT2D eigenvalue weighted by Gasteiger charge is -2.20. The Morgan fingerprint density at radius 1 is 1.11 bits per heavy atom. The zero-order valence-corrected chi connectivity index (χ0v) is 11.9. The number of amides is 1. The number of carbonyl (C=O) groups is 2. The first-order valence-corrected chi connectivity index (χ1v) is 6.39. The molecule has 0 unspecified atom stereocenters. The maximum atomic E-state index is 11.8. The van der Waals surface area contributed by atoms with E-state index in [1.165, 1.54) is 6.92 Å². The largest absolute Gasteiger partial charge is 0.464 e. The summed E-state index contributed by atoms with van der Waals surface area (Å²) in [6.45, 7) is 9.49. The van der Waals surface area contributed by atoms with Gasteiger partial charge in [0.15, 0.2) is 0 Å². The third kappa shape index (κ3) is 7.27. The molecular formula is C13H25NO4. The van der Waals surface area contributed by atoms with E-state index >= 15 is 0 Å². The SMILES string of the molecule is CC(C)COC(=O)[C@@H](CC(C)C)NC(=O)[C@@H](C)O. The Morgan fingerprint density at radius 3 is 2.06 bits per heavy atom. The monoisotopic (exact) mass is 259 g/mol. The molecule has 0 aliphatic carbocycles. The van der Waals surface area contributed by atoms with Gasteiger partial charge in [-0.05, 0) is 25.2 Å². The van der Waals surface area contributed by atoms with E-state index in [2.05, 4.69) is 5.32 Å². The molecule has 5 nitrogen and oxygen atoms in total. The molecule has 0 spiro atoms. The van der Waals surface area contributed by atoms with E-state index in [-0.39, 0.29) is 11.8 Å². The summed E-state index contributed by atoms with van der Waals surface area (Å²) in [5.41, 5.74) is 0. The van der Waals surface area contributed by atoms with Gasteiger partial charge in [-0.15, -0.1) is 0 Å². The van der Waals surface area contributed by atoms with Gasteiger partial charge in [-0.25, -0.2) is 4.79 Å². The van der Waals surface area contributed by atoms with Crippen LogP contribution < -0.4 is 5.32 Å². The number of carbonyl (C=O) groups excluding carboxylic acids is 2. The molecule has 0 aliphatic rings. The number of hydrogen-bond acceptors (Lipinski definition) is 4. The highest BCUT2D eigenvalue weighted by Gasteiger charge is 2.24. The Labute approximate surface area is 109 Å². The summed E-state index contributed by atoms with van der Waals surface area (Å²) in [5, 5.41) is 11.6. The van der Waals surface area contributed by atoms with E-state index in [9.17, 15) is 9.59 Å². The summed E-state index contributed by atoms with van der Waals surface area (Å²) in [5.74, 6) is -0.495. The Bertz CT molecular complexity index is 274. The summed E-state index contributed by atoms with van der Waals surface area (Å²) in [6.07, 6.45) is -0.632. The van der Waals surface area contributed by atoms with Gasteiger partial charge >= 0.3 is 5.97 Å². The van der Waals surface area contributed by atoms with E-state index in [0.29, 0.717) is 13.0 Å². The molecule has 0 aromatic carbocycles. The molecule has 0 saturated heterocycles. The van der Waals surface area contributed by atoms with Crippen molar-refractivity contribution in [3.05, 3.63) is 0 Å². The molecule has 0 saturated carbocycles. The second-order valence-corrected chi connectivity index (χ2v) is 5.39. The maximum Gasteiger partial charge on any atom is 0.328 e. The van der Waals surface area contributed by atoms with Crippen molar-refractivity contribution in [3.63, 3.8) is 0 Å². The molecule has 18 heavy (non-hydrogen) atoms. The second-order valence-electron chi connectivity index (χ2n) is 5.39. The highest BCUT2D eigenvalue weighted by atomic mass is 16.5. The number of ether oxygens (including phenoxy) is 1. The lowest BCUT2D eigenvalue weighted by Crippen LogP contribution is -2.46. The van der Waals surface area contributed by atoms with Gasteiger partial charge in [0.25, 0.3) is 0 Å². The first-order chi connectivity index (χ1) is 8.23. The molecule has 0 aliphatic heterocycles.